The summed E-state index contributed by atoms with van der Waals surface area (Å²) in [4.78, 5) is 4.64. The van der Waals surface area contributed by atoms with Crippen LogP contribution in [0.2, 0.25) is 5.02 Å². The molecule has 1 atom stereocenters. The van der Waals surface area contributed by atoms with Crippen molar-refractivity contribution in [2.45, 2.75) is 26.4 Å². The molecule has 0 amide bonds. The fourth-order valence-corrected chi connectivity index (χ4v) is 2.83. The van der Waals surface area contributed by atoms with Crippen LogP contribution in [0.4, 0.5) is 5.95 Å². The summed E-state index contributed by atoms with van der Waals surface area (Å²) in [5.41, 5.74) is 2.80. The smallest absolute Gasteiger partial charge is 0.204 e. The number of aromatic hydroxyl groups is 1. The average molecular weight is 316 g/mol. The number of anilines is 1. The lowest BCUT2D eigenvalue weighted by Crippen LogP contribution is -2.11. The monoisotopic (exact) mass is 315 g/mol. The van der Waals surface area contributed by atoms with Crippen molar-refractivity contribution in [1.82, 2.24) is 9.55 Å². The summed E-state index contributed by atoms with van der Waals surface area (Å²) in [5.74, 6) is 1.01. The minimum absolute atomic E-state index is 0.110. The van der Waals surface area contributed by atoms with Gasteiger partial charge in [0.25, 0.3) is 0 Å². The highest BCUT2D eigenvalue weighted by Crippen LogP contribution is 2.30. The van der Waals surface area contributed by atoms with E-state index < -0.39 is 0 Å². The van der Waals surface area contributed by atoms with Gasteiger partial charge in [-0.1, -0.05) is 23.7 Å². The van der Waals surface area contributed by atoms with Crippen molar-refractivity contribution >= 4 is 28.6 Å². The van der Waals surface area contributed by atoms with Crippen LogP contribution in [0.25, 0.3) is 11.0 Å². The van der Waals surface area contributed by atoms with Crippen LogP contribution in [-0.2, 0) is 6.54 Å². The molecule has 1 unspecified atom stereocenters. The Balaban J connectivity index is 1.97. The first kappa shape index (κ1) is 14.7. The Morgan fingerprint density at radius 3 is 2.82 bits per heavy atom. The van der Waals surface area contributed by atoms with Gasteiger partial charge in [-0.25, -0.2) is 4.98 Å². The van der Waals surface area contributed by atoms with Gasteiger partial charge in [0.15, 0.2) is 0 Å². The van der Waals surface area contributed by atoms with E-state index in [1.165, 1.54) is 0 Å². The van der Waals surface area contributed by atoms with Crippen LogP contribution in [0.5, 0.6) is 5.75 Å². The zero-order valence-corrected chi connectivity index (χ0v) is 13.3. The summed E-state index contributed by atoms with van der Waals surface area (Å²) < 4.78 is 2.12. The molecular weight excluding hydrogens is 298 g/mol. The van der Waals surface area contributed by atoms with Crippen LogP contribution < -0.4 is 5.32 Å². The predicted molar refractivity (Wildman–Crippen MR) is 90.6 cm³/mol. The van der Waals surface area contributed by atoms with Crippen LogP contribution in [0.3, 0.4) is 0 Å². The van der Waals surface area contributed by atoms with E-state index in [-0.39, 0.29) is 11.8 Å². The molecule has 2 N–H and O–H groups in total. The van der Waals surface area contributed by atoms with Gasteiger partial charge in [0.1, 0.15) is 5.75 Å². The minimum Gasteiger partial charge on any atom is -0.508 e. The van der Waals surface area contributed by atoms with Crippen LogP contribution in [0.1, 0.15) is 25.5 Å². The second-order valence-electron chi connectivity index (χ2n) is 5.24. The van der Waals surface area contributed by atoms with E-state index in [1.807, 2.05) is 25.1 Å². The van der Waals surface area contributed by atoms with Gasteiger partial charge in [-0.3, -0.25) is 0 Å². The summed E-state index contributed by atoms with van der Waals surface area (Å²) in [6.07, 6.45) is 0. The highest BCUT2D eigenvalue weighted by molar-refractivity contribution is 6.30. The first-order chi connectivity index (χ1) is 10.6. The van der Waals surface area contributed by atoms with Crippen LogP contribution >= 0.6 is 11.6 Å². The summed E-state index contributed by atoms with van der Waals surface area (Å²) in [7, 11) is 0. The number of hydrogen-bond acceptors (Lipinski definition) is 3. The van der Waals surface area contributed by atoms with Gasteiger partial charge in [-0.05, 0) is 44.2 Å². The topological polar surface area (TPSA) is 50.1 Å². The molecule has 0 saturated carbocycles. The van der Waals surface area contributed by atoms with Gasteiger partial charge in [0.2, 0.25) is 5.95 Å². The summed E-state index contributed by atoms with van der Waals surface area (Å²) in [6.45, 7) is 4.88. The zero-order chi connectivity index (χ0) is 15.7. The van der Waals surface area contributed by atoms with E-state index in [9.17, 15) is 5.11 Å². The number of hydrogen-bond donors (Lipinski definition) is 2. The Hall–Kier alpha value is -2.20. The van der Waals surface area contributed by atoms with Crippen molar-refractivity contribution in [3.05, 3.63) is 53.1 Å². The maximum atomic E-state index is 10.0. The third kappa shape index (κ3) is 2.62. The number of nitrogens with one attached hydrogen (secondary N) is 1. The summed E-state index contributed by atoms with van der Waals surface area (Å²) in [6, 6.07) is 13.0. The normalized spacial score (nSPS) is 12.5. The third-order valence-electron chi connectivity index (χ3n) is 3.77. The van der Waals surface area contributed by atoms with Gasteiger partial charge in [0.05, 0.1) is 17.1 Å². The average Bonchev–Trinajstić information content (AvgIpc) is 2.86. The molecular formula is C17H18ClN3O. The first-order valence-electron chi connectivity index (χ1n) is 7.30. The molecule has 4 nitrogen and oxygen atoms in total. The Morgan fingerprint density at radius 1 is 1.27 bits per heavy atom. The lowest BCUT2D eigenvalue weighted by Gasteiger charge is -2.17. The SMILES string of the molecule is CCn1c(NC(C)c2cc(Cl)ccc2O)nc2ccccc21. The van der Waals surface area contributed by atoms with E-state index >= 15 is 0 Å². The van der Waals surface area contributed by atoms with Crippen molar-refractivity contribution in [1.29, 1.82) is 0 Å². The van der Waals surface area contributed by atoms with Crippen molar-refractivity contribution in [2.24, 2.45) is 0 Å². The molecule has 0 saturated heterocycles. The molecule has 0 spiro atoms. The molecule has 3 aromatic rings. The molecule has 0 aliphatic rings. The molecule has 114 valence electrons. The second-order valence-corrected chi connectivity index (χ2v) is 5.67. The standard InChI is InChI=1S/C17H18ClN3O/c1-3-21-15-7-5-4-6-14(15)20-17(21)19-11(2)13-10-12(18)8-9-16(13)22/h4-11,22H,3H2,1-2H3,(H,19,20). The van der Waals surface area contributed by atoms with Crippen LogP contribution in [0, 0.1) is 0 Å². The molecule has 0 aliphatic heterocycles. The molecule has 0 fully saturated rings. The Morgan fingerprint density at radius 2 is 2.05 bits per heavy atom. The number of halogens is 1. The van der Waals surface area contributed by atoms with E-state index in [0.29, 0.717) is 5.02 Å². The van der Waals surface area contributed by atoms with Crippen molar-refractivity contribution < 1.29 is 5.11 Å². The fourth-order valence-electron chi connectivity index (χ4n) is 2.65. The van der Waals surface area contributed by atoms with E-state index in [2.05, 4.69) is 27.9 Å². The molecule has 22 heavy (non-hydrogen) atoms. The molecule has 1 aromatic heterocycles. The fraction of sp³-hybridized carbons (Fsp3) is 0.235. The van der Waals surface area contributed by atoms with Crippen molar-refractivity contribution in [3.8, 4) is 5.75 Å². The Labute approximate surface area is 134 Å². The van der Waals surface area contributed by atoms with Gasteiger partial charge in [0, 0.05) is 17.1 Å². The van der Waals surface area contributed by atoms with Crippen LogP contribution in [-0.4, -0.2) is 14.7 Å². The summed E-state index contributed by atoms with van der Waals surface area (Å²) >= 11 is 6.03. The maximum Gasteiger partial charge on any atom is 0.204 e. The molecule has 0 aliphatic carbocycles. The number of para-hydroxylation sites is 2. The van der Waals surface area contributed by atoms with Gasteiger partial charge in [-0.15, -0.1) is 0 Å². The number of aryl methyl sites for hydroxylation is 1. The lowest BCUT2D eigenvalue weighted by molar-refractivity contribution is 0.465. The number of benzene rings is 2. The predicted octanol–water partition coefficient (Wildman–Crippen LogP) is 4.59. The minimum atomic E-state index is -0.110. The van der Waals surface area contributed by atoms with Gasteiger partial charge < -0.3 is 15.0 Å². The first-order valence-corrected chi connectivity index (χ1v) is 7.68. The molecule has 0 bridgehead atoms. The number of imidazole rings is 1. The maximum absolute atomic E-state index is 10.0. The summed E-state index contributed by atoms with van der Waals surface area (Å²) in [5, 5.41) is 14.0. The van der Waals surface area contributed by atoms with Crippen LogP contribution in [0.15, 0.2) is 42.5 Å². The van der Waals surface area contributed by atoms with E-state index in [0.717, 1.165) is 29.1 Å². The van der Waals surface area contributed by atoms with Gasteiger partial charge >= 0.3 is 0 Å². The highest BCUT2D eigenvalue weighted by atomic mass is 35.5. The molecule has 5 heteroatoms. The van der Waals surface area contributed by atoms with Crippen molar-refractivity contribution in [3.63, 3.8) is 0 Å². The number of nitrogens with zero attached hydrogens (tertiary/aromatic N) is 2. The number of rotatable bonds is 4. The lowest BCUT2D eigenvalue weighted by atomic mass is 10.1. The molecule has 0 radical (unpaired) electrons. The van der Waals surface area contributed by atoms with Gasteiger partial charge in [-0.2, -0.15) is 0 Å². The Kier molecular flexibility index (Phi) is 3.94. The highest BCUT2D eigenvalue weighted by Gasteiger charge is 2.15. The number of phenolic OH excluding ortho intramolecular Hbond substituents is 1. The molecule has 1 heterocycles. The van der Waals surface area contributed by atoms with E-state index in [4.69, 9.17) is 11.6 Å². The largest absolute Gasteiger partial charge is 0.508 e. The second kappa shape index (κ2) is 5.89. The molecule has 3 rings (SSSR count). The Bertz CT molecular complexity index is 813. The number of phenols is 1. The third-order valence-corrected chi connectivity index (χ3v) is 4.01. The van der Waals surface area contributed by atoms with Crippen molar-refractivity contribution in [2.75, 3.05) is 5.32 Å². The molecule has 2 aromatic carbocycles. The van der Waals surface area contributed by atoms with E-state index in [1.54, 1.807) is 18.2 Å². The number of aromatic nitrogens is 2. The number of fused-ring (bicyclic) bond motifs is 1. The quantitative estimate of drug-likeness (QED) is 0.740. The zero-order valence-electron chi connectivity index (χ0n) is 12.5.